The van der Waals surface area contributed by atoms with Crippen LogP contribution in [0.15, 0.2) is 66.9 Å². The van der Waals surface area contributed by atoms with Crippen molar-refractivity contribution in [2.24, 2.45) is 5.73 Å². The van der Waals surface area contributed by atoms with E-state index in [-0.39, 0.29) is 18.2 Å². The van der Waals surface area contributed by atoms with Crippen LogP contribution in [0.2, 0.25) is 0 Å². The molecule has 0 aliphatic carbocycles. The van der Waals surface area contributed by atoms with E-state index in [0.29, 0.717) is 35.5 Å². The topological polar surface area (TPSA) is 136 Å². The number of rotatable bonds is 9. The molecule has 2 heterocycles. The van der Waals surface area contributed by atoms with Crippen LogP contribution in [0.4, 0.5) is 27.7 Å². The number of carbonyl (C=O) groups is 2. The average molecular weight is 504 g/mol. The predicted molar refractivity (Wildman–Crippen MR) is 145 cm³/mol. The SMILES string of the molecule is CN(C)C1CCN(C(=O)Nc2cccc(Nc3cc(N[C@H](CO)c4ccccc4)c(C(N)=O)cn3)c2)C1. The lowest BCUT2D eigenvalue weighted by Crippen LogP contribution is -2.36. The van der Waals surface area contributed by atoms with Gasteiger partial charge in [0.1, 0.15) is 5.82 Å². The number of hydrogen-bond acceptors (Lipinski definition) is 7. The molecule has 4 rings (SSSR count). The number of likely N-dealkylation sites (N-methyl/N-ethyl adjacent to an activating group) is 1. The molecule has 10 heteroatoms. The van der Waals surface area contributed by atoms with Gasteiger partial charge >= 0.3 is 6.03 Å². The summed E-state index contributed by atoms with van der Waals surface area (Å²) in [5.74, 6) is -0.163. The van der Waals surface area contributed by atoms with Gasteiger partial charge in [0.2, 0.25) is 0 Å². The van der Waals surface area contributed by atoms with E-state index in [1.54, 1.807) is 6.07 Å². The highest BCUT2D eigenvalue weighted by Crippen LogP contribution is 2.27. The van der Waals surface area contributed by atoms with E-state index < -0.39 is 11.9 Å². The van der Waals surface area contributed by atoms with Crippen LogP contribution in [0.25, 0.3) is 0 Å². The Morgan fingerprint density at radius 2 is 1.89 bits per heavy atom. The van der Waals surface area contributed by atoms with Crippen LogP contribution in [0, 0.1) is 0 Å². The molecule has 6 N–H and O–H groups in total. The van der Waals surface area contributed by atoms with Crippen molar-refractivity contribution in [3.8, 4) is 0 Å². The molecule has 1 unspecified atom stereocenters. The summed E-state index contributed by atoms with van der Waals surface area (Å²) in [7, 11) is 4.05. The number of nitrogens with two attached hydrogens (primary N) is 1. The summed E-state index contributed by atoms with van der Waals surface area (Å²) in [4.78, 5) is 33.0. The zero-order chi connectivity index (χ0) is 26.4. The molecule has 1 aromatic heterocycles. The van der Waals surface area contributed by atoms with E-state index in [2.05, 4.69) is 25.8 Å². The molecule has 1 aliphatic rings. The largest absolute Gasteiger partial charge is 0.394 e. The molecule has 0 bridgehead atoms. The summed E-state index contributed by atoms with van der Waals surface area (Å²) >= 11 is 0. The van der Waals surface area contributed by atoms with Crippen molar-refractivity contribution in [2.45, 2.75) is 18.5 Å². The number of hydrogen-bond donors (Lipinski definition) is 5. The minimum Gasteiger partial charge on any atom is -0.394 e. The van der Waals surface area contributed by atoms with Gasteiger partial charge in [-0.05, 0) is 44.3 Å². The van der Waals surface area contributed by atoms with Gasteiger partial charge in [0, 0.05) is 42.8 Å². The fraction of sp³-hybridized carbons (Fsp3) is 0.296. The lowest BCUT2D eigenvalue weighted by atomic mass is 10.1. The van der Waals surface area contributed by atoms with Crippen molar-refractivity contribution < 1.29 is 14.7 Å². The van der Waals surface area contributed by atoms with Crippen molar-refractivity contribution in [3.63, 3.8) is 0 Å². The molecule has 10 nitrogen and oxygen atoms in total. The Morgan fingerprint density at radius 1 is 1.14 bits per heavy atom. The van der Waals surface area contributed by atoms with Crippen LogP contribution in [0.3, 0.4) is 0 Å². The van der Waals surface area contributed by atoms with Gasteiger partial charge in [-0.1, -0.05) is 36.4 Å². The minimum atomic E-state index is -0.630. The number of aliphatic hydroxyl groups is 1. The molecule has 0 saturated carbocycles. The van der Waals surface area contributed by atoms with Gasteiger partial charge in [-0.3, -0.25) is 4.79 Å². The maximum absolute atomic E-state index is 12.7. The van der Waals surface area contributed by atoms with Crippen molar-refractivity contribution in [3.05, 3.63) is 78.0 Å². The second-order valence-corrected chi connectivity index (χ2v) is 9.26. The molecule has 1 fully saturated rings. The summed E-state index contributed by atoms with van der Waals surface area (Å²) in [6.45, 7) is 1.23. The highest BCUT2D eigenvalue weighted by atomic mass is 16.3. The standard InChI is InChI=1S/C27H33N7O3/c1-33(2)21-11-12-34(16-21)27(37)31-20-10-6-9-19(13-20)30-25-14-23(22(15-29-25)26(28)36)32-24(17-35)18-7-4-3-5-8-18/h3-10,13-15,21,24,35H,11-12,16-17H2,1-2H3,(H2,28,36)(H,31,37)(H2,29,30,32)/t21?,24-/m1/s1. The fourth-order valence-electron chi connectivity index (χ4n) is 4.32. The first kappa shape index (κ1) is 25.9. The van der Waals surface area contributed by atoms with E-state index in [1.807, 2.05) is 73.6 Å². The van der Waals surface area contributed by atoms with E-state index in [9.17, 15) is 14.7 Å². The molecular formula is C27H33N7O3. The Balaban J connectivity index is 1.48. The number of pyridine rings is 1. The molecule has 37 heavy (non-hydrogen) atoms. The summed E-state index contributed by atoms with van der Waals surface area (Å²) in [5.41, 5.74) is 8.45. The summed E-state index contributed by atoms with van der Waals surface area (Å²) in [6, 6.07) is 18.2. The zero-order valence-corrected chi connectivity index (χ0v) is 21.0. The molecule has 0 radical (unpaired) electrons. The Labute approximate surface area is 216 Å². The number of urea groups is 1. The van der Waals surface area contributed by atoms with Gasteiger partial charge in [0.05, 0.1) is 23.9 Å². The van der Waals surface area contributed by atoms with Crippen molar-refractivity contribution in [2.75, 3.05) is 49.7 Å². The van der Waals surface area contributed by atoms with Crippen LogP contribution in [0.1, 0.15) is 28.4 Å². The van der Waals surface area contributed by atoms with E-state index in [1.165, 1.54) is 6.20 Å². The Hall–Kier alpha value is -4.15. The molecule has 3 aromatic rings. The number of carbonyl (C=O) groups excluding carboxylic acids is 2. The van der Waals surface area contributed by atoms with Crippen molar-refractivity contribution >= 4 is 34.8 Å². The normalized spacial score (nSPS) is 15.9. The number of amides is 3. The Kier molecular flexibility index (Phi) is 8.22. The Morgan fingerprint density at radius 3 is 2.57 bits per heavy atom. The lowest BCUT2D eigenvalue weighted by Gasteiger charge is -2.21. The van der Waals surface area contributed by atoms with Crippen molar-refractivity contribution in [1.29, 1.82) is 0 Å². The lowest BCUT2D eigenvalue weighted by molar-refractivity contribution is 0.100. The number of primary amides is 1. The average Bonchev–Trinajstić information content (AvgIpc) is 3.39. The van der Waals surface area contributed by atoms with Crippen LogP contribution in [0.5, 0.6) is 0 Å². The summed E-state index contributed by atoms with van der Waals surface area (Å²) in [5, 5.41) is 19.3. The summed E-state index contributed by atoms with van der Waals surface area (Å²) in [6.07, 6.45) is 2.35. The van der Waals surface area contributed by atoms with E-state index in [0.717, 1.165) is 18.5 Å². The molecule has 3 amide bonds. The van der Waals surface area contributed by atoms with E-state index in [4.69, 9.17) is 5.73 Å². The number of anilines is 4. The summed E-state index contributed by atoms with van der Waals surface area (Å²) < 4.78 is 0. The second-order valence-electron chi connectivity index (χ2n) is 9.26. The third-order valence-electron chi connectivity index (χ3n) is 6.45. The minimum absolute atomic E-state index is 0.132. The highest BCUT2D eigenvalue weighted by molar-refractivity contribution is 5.98. The number of aromatic nitrogens is 1. The number of nitrogens with zero attached hydrogens (tertiary/aromatic N) is 3. The second kappa shape index (κ2) is 11.7. The first-order valence-electron chi connectivity index (χ1n) is 12.2. The number of aliphatic hydroxyl groups excluding tert-OH is 1. The quantitative estimate of drug-likeness (QED) is 0.302. The van der Waals surface area contributed by atoms with Crippen LogP contribution in [-0.2, 0) is 0 Å². The molecule has 194 valence electrons. The van der Waals surface area contributed by atoms with Crippen LogP contribution >= 0.6 is 0 Å². The van der Waals surface area contributed by atoms with Gasteiger partial charge < -0.3 is 36.6 Å². The molecule has 0 spiro atoms. The zero-order valence-electron chi connectivity index (χ0n) is 21.0. The van der Waals surface area contributed by atoms with Crippen LogP contribution < -0.4 is 21.7 Å². The van der Waals surface area contributed by atoms with Gasteiger partial charge in [0.15, 0.2) is 0 Å². The molecule has 2 aromatic carbocycles. The van der Waals surface area contributed by atoms with Crippen LogP contribution in [-0.4, -0.2) is 71.7 Å². The predicted octanol–water partition coefficient (Wildman–Crippen LogP) is 3.24. The van der Waals surface area contributed by atoms with Gasteiger partial charge in [0.25, 0.3) is 5.91 Å². The monoisotopic (exact) mass is 503 g/mol. The first-order valence-corrected chi connectivity index (χ1v) is 12.2. The third-order valence-corrected chi connectivity index (χ3v) is 6.45. The maximum Gasteiger partial charge on any atom is 0.321 e. The third kappa shape index (κ3) is 6.54. The van der Waals surface area contributed by atoms with Gasteiger partial charge in [-0.15, -0.1) is 0 Å². The van der Waals surface area contributed by atoms with Crippen molar-refractivity contribution in [1.82, 2.24) is 14.8 Å². The first-order chi connectivity index (χ1) is 17.8. The fourth-order valence-corrected chi connectivity index (χ4v) is 4.32. The smallest absolute Gasteiger partial charge is 0.321 e. The molecule has 1 aliphatic heterocycles. The maximum atomic E-state index is 12.7. The molecule has 2 atom stereocenters. The van der Waals surface area contributed by atoms with Gasteiger partial charge in [-0.2, -0.15) is 0 Å². The molecule has 1 saturated heterocycles. The number of nitrogens with one attached hydrogen (secondary N) is 3. The van der Waals surface area contributed by atoms with E-state index >= 15 is 0 Å². The number of benzene rings is 2. The van der Waals surface area contributed by atoms with Gasteiger partial charge in [-0.25, -0.2) is 9.78 Å². The highest BCUT2D eigenvalue weighted by Gasteiger charge is 2.27. The Bertz CT molecular complexity index is 1240. The number of likely N-dealkylation sites (tertiary alicyclic amines) is 1. The molecular weight excluding hydrogens is 470 g/mol.